The number of carbonyl (C=O) groups is 1. The van der Waals surface area contributed by atoms with E-state index in [-0.39, 0.29) is 36.3 Å². The molecule has 0 saturated carbocycles. The number of fused-ring (bicyclic) bond motifs is 3. The fraction of sp³-hybridized carbons (Fsp3) is 0.364. The van der Waals surface area contributed by atoms with Crippen LogP contribution < -0.4 is 25.7 Å². The highest BCUT2D eigenvalue weighted by molar-refractivity contribution is 6.10. The fourth-order valence-electron chi connectivity index (χ4n) is 4.33. The topological polar surface area (TPSA) is 78.0 Å². The third-order valence-electron chi connectivity index (χ3n) is 6.02. The standard InChI is InChI=1S/C22H24FN5O2.ClH/c1-13-21(29)27-26-20-11-30-19-9-15(14-5-3-4-6-16(14)23)17(10-18(19)28(13)20)25-22(2)7-8-24-12-22;/h3-6,9-10,13,24-25H,7-8,11-12H2,1-2H3,(H,27,29);1H. The van der Waals surface area contributed by atoms with Crippen molar-refractivity contribution in [2.24, 2.45) is 5.10 Å². The van der Waals surface area contributed by atoms with Crippen molar-refractivity contribution in [1.82, 2.24) is 10.7 Å². The summed E-state index contributed by atoms with van der Waals surface area (Å²) in [6, 6.07) is 10.1. The van der Waals surface area contributed by atoms with Crippen molar-refractivity contribution in [3.8, 4) is 16.9 Å². The number of hydrazone groups is 1. The van der Waals surface area contributed by atoms with E-state index in [1.807, 2.05) is 30.0 Å². The highest BCUT2D eigenvalue weighted by Gasteiger charge is 2.37. The van der Waals surface area contributed by atoms with Crippen molar-refractivity contribution >= 4 is 35.5 Å². The van der Waals surface area contributed by atoms with E-state index in [9.17, 15) is 9.18 Å². The zero-order valence-corrected chi connectivity index (χ0v) is 18.2. The van der Waals surface area contributed by atoms with Gasteiger partial charge in [0, 0.05) is 28.9 Å². The van der Waals surface area contributed by atoms with Crippen LogP contribution in [0.4, 0.5) is 15.8 Å². The summed E-state index contributed by atoms with van der Waals surface area (Å²) in [4.78, 5) is 14.1. The molecule has 164 valence electrons. The average Bonchev–Trinajstić information content (AvgIpc) is 3.16. The van der Waals surface area contributed by atoms with Gasteiger partial charge in [-0.2, -0.15) is 5.10 Å². The first-order valence-electron chi connectivity index (χ1n) is 10.2. The van der Waals surface area contributed by atoms with E-state index in [0.29, 0.717) is 17.1 Å². The SMILES string of the molecule is CC1C(=O)NN=C2COc3cc(-c4ccccc4F)c(NC4(C)CCNC4)cc3N21.Cl. The molecule has 1 fully saturated rings. The number of rotatable bonds is 3. The van der Waals surface area contributed by atoms with Gasteiger partial charge in [0.2, 0.25) is 0 Å². The van der Waals surface area contributed by atoms with Crippen molar-refractivity contribution in [3.05, 3.63) is 42.2 Å². The number of anilines is 2. The third kappa shape index (κ3) is 3.70. The molecule has 31 heavy (non-hydrogen) atoms. The summed E-state index contributed by atoms with van der Waals surface area (Å²) in [5.74, 6) is 0.784. The minimum absolute atomic E-state index is 0. The lowest BCUT2D eigenvalue weighted by molar-refractivity contribution is -0.122. The monoisotopic (exact) mass is 445 g/mol. The third-order valence-corrected chi connectivity index (χ3v) is 6.02. The van der Waals surface area contributed by atoms with E-state index in [1.54, 1.807) is 12.1 Å². The van der Waals surface area contributed by atoms with E-state index < -0.39 is 6.04 Å². The number of halogens is 2. The second-order valence-corrected chi connectivity index (χ2v) is 8.30. The van der Waals surface area contributed by atoms with Crippen LogP contribution in [0.3, 0.4) is 0 Å². The van der Waals surface area contributed by atoms with Crippen LogP contribution in [0.5, 0.6) is 5.75 Å². The Kier molecular flexibility index (Phi) is 5.53. The van der Waals surface area contributed by atoms with Gasteiger partial charge in [-0.15, -0.1) is 12.4 Å². The molecule has 7 nitrogen and oxygen atoms in total. The molecule has 3 N–H and O–H groups in total. The zero-order chi connectivity index (χ0) is 20.9. The Hall–Kier alpha value is -2.84. The van der Waals surface area contributed by atoms with Gasteiger partial charge in [-0.05, 0) is 45.0 Å². The highest BCUT2D eigenvalue weighted by atomic mass is 35.5. The van der Waals surface area contributed by atoms with Gasteiger partial charge in [0.05, 0.1) is 5.69 Å². The van der Waals surface area contributed by atoms with Gasteiger partial charge in [0.15, 0.2) is 5.84 Å². The minimum atomic E-state index is -0.420. The molecule has 1 amide bonds. The van der Waals surface area contributed by atoms with Crippen LogP contribution in [0.15, 0.2) is 41.5 Å². The van der Waals surface area contributed by atoms with Crippen molar-refractivity contribution in [3.63, 3.8) is 0 Å². The van der Waals surface area contributed by atoms with Crippen molar-refractivity contribution in [2.45, 2.75) is 31.8 Å². The summed E-state index contributed by atoms with van der Waals surface area (Å²) in [6.45, 7) is 5.96. The molecule has 0 aliphatic carbocycles. The number of nitrogens with one attached hydrogen (secondary N) is 3. The lowest BCUT2D eigenvalue weighted by atomic mass is 9.96. The summed E-state index contributed by atoms with van der Waals surface area (Å²) in [5.41, 5.74) is 5.16. The van der Waals surface area contributed by atoms with Crippen LogP contribution in [0.25, 0.3) is 11.1 Å². The number of amides is 1. The molecule has 9 heteroatoms. The number of ether oxygens (including phenoxy) is 1. The van der Waals surface area contributed by atoms with Crippen LogP contribution in [0.2, 0.25) is 0 Å². The Morgan fingerprint density at radius 1 is 1.29 bits per heavy atom. The molecule has 3 aliphatic heterocycles. The molecule has 2 aromatic carbocycles. The molecular weight excluding hydrogens is 421 g/mol. The molecule has 3 aliphatic rings. The van der Waals surface area contributed by atoms with Crippen LogP contribution in [-0.4, -0.2) is 43.0 Å². The zero-order valence-electron chi connectivity index (χ0n) is 17.4. The summed E-state index contributed by atoms with van der Waals surface area (Å²) in [5, 5.41) is 11.2. The average molecular weight is 446 g/mol. The van der Waals surface area contributed by atoms with E-state index >= 15 is 0 Å². The number of hydrogen-bond acceptors (Lipinski definition) is 6. The van der Waals surface area contributed by atoms with E-state index in [4.69, 9.17) is 4.74 Å². The van der Waals surface area contributed by atoms with Crippen LogP contribution >= 0.6 is 12.4 Å². The number of benzene rings is 2. The Balaban J connectivity index is 0.00000231. The van der Waals surface area contributed by atoms with Crippen LogP contribution in [0.1, 0.15) is 20.3 Å². The summed E-state index contributed by atoms with van der Waals surface area (Å²) in [6.07, 6.45) is 0.951. The largest absolute Gasteiger partial charge is 0.483 e. The van der Waals surface area contributed by atoms with Crippen LogP contribution in [-0.2, 0) is 4.79 Å². The number of amidine groups is 1. The van der Waals surface area contributed by atoms with Gasteiger partial charge in [0.1, 0.15) is 24.2 Å². The Morgan fingerprint density at radius 3 is 2.84 bits per heavy atom. The van der Waals surface area contributed by atoms with Gasteiger partial charge in [0.25, 0.3) is 5.91 Å². The second kappa shape index (κ2) is 8.01. The maximum atomic E-state index is 14.7. The molecule has 0 spiro atoms. The molecule has 2 aromatic rings. The minimum Gasteiger partial charge on any atom is -0.483 e. The lowest BCUT2D eigenvalue weighted by Crippen LogP contribution is -2.55. The van der Waals surface area contributed by atoms with Gasteiger partial charge in [-0.3, -0.25) is 4.79 Å². The molecule has 3 heterocycles. The first-order valence-corrected chi connectivity index (χ1v) is 10.2. The predicted molar refractivity (Wildman–Crippen MR) is 122 cm³/mol. The van der Waals surface area contributed by atoms with E-state index in [0.717, 1.165) is 36.4 Å². The molecule has 2 atom stereocenters. The predicted octanol–water partition coefficient (Wildman–Crippen LogP) is 3.11. The van der Waals surface area contributed by atoms with Crippen molar-refractivity contribution in [2.75, 3.05) is 29.9 Å². The molecular formula is C22H25ClFN5O2. The number of nitrogens with zero attached hydrogens (tertiary/aromatic N) is 2. The molecule has 2 unspecified atom stereocenters. The van der Waals surface area contributed by atoms with Crippen molar-refractivity contribution < 1.29 is 13.9 Å². The Labute approximate surface area is 186 Å². The van der Waals surface area contributed by atoms with Gasteiger partial charge in [-0.25, -0.2) is 9.82 Å². The quantitative estimate of drug-likeness (QED) is 0.676. The fourth-order valence-corrected chi connectivity index (χ4v) is 4.33. The smallest absolute Gasteiger partial charge is 0.262 e. The van der Waals surface area contributed by atoms with Crippen molar-refractivity contribution in [1.29, 1.82) is 0 Å². The van der Waals surface area contributed by atoms with Crippen LogP contribution in [0, 0.1) is 5.82 Å². The lowest BCUT2D eigenvalue weighted by Gasteiger charge is -2.39. The molecule has 0 radical (unpaired) electrons. The van der Waals surface area contributed by atoms with E-state index in [1.165, 1.54) is 6.07 Å². The molecule has 1 saturated heterocycles. The Bertz CT molecular complexity index is 1050. The normalized spacial score (nSPS) is 24.2. The first kappa shape index (κ1) is 21.4. The molecule has 0 bridgehead atoms. The molecule has 5 rings (SSSR count). The maximum absolute atomic E-state index is 14.7. The first-order chi connectivity index (χ1) is 14.5. The summed E-state index contributed by atoms with van der Waals surface area (Å²) >= 11 is 0. The maximum Gasteiger partial charge on any atom is 0.262 e. The van der Waals surface area contributed by atoms with Gasteiger partial charge >= 0.3 is 0 Å². The number of hydrogen-bond donors (Lipinski definition) is 3. The molecule has 0 aromatic heterocycles. The summed E-state index contributed by atoms with van der Waals surface area (Å²) < 4.78 is 20.7. The second-order valence-electron chi connectivity index (χ2n) is 8.30. The number of carbonyl (C=O) groups excluding carboxylic acids is 1. The van der Waals surface area contributed by atoms with Gasteiger partial charge < -0.3 is 20.3 Å². The highest BCUT2D eigenvalue weighted by Crippen LogP contribution is 2.44. The van der Waals surface area contributed by atoms with E-state index in [2.05, 4.69) is 28.1 Å². The van der Waals surface area contributed by atoms with Gasteiger partial charge in [-0.1, -0.05) is 18.2 Å². The summed E-state index contributed by atoms with van der Waals surface area (Å²) in [7, 11) is 0. The Morgan fingerprint density at radius 2 is 2.10 bits per heavy atom.